The van der Waals surface area contributed by atoms with Gasteiger partial charge in [-0.2, -0.15) is 10.2 Å². The second kappa shape index (κ2) is 9.57. The first kappa shape index (κ1) is 22.6. The van der Waals surface area contributed by atoms with Crippen molar-refractivity contribution in [1.82, 2.24) is 24.3 Å². The van der Waals surface area contributed by atoms with Gasteiger partial charge in [-0.1, -0.05) is 12.1 Å². The summed E-state index contributed by atoms with van der Waals surface area (Å²) in [5, 5.41) is 8.58. The molecule has 10 heteroatoms. The van der Waals surface area contributed by atoms with Crippen LogP contribution in [0.5, 0.6) is 5.75 Å². The second-order valence-electron chi connectivity index (χ2n) is 8.23. The van der Waals surface area contributed by atoms with Gasteiger partial charge in [0.1, 0.15) is 30.0 Å². The number of para-hydroxylation sites is 1. The molecule has 1 fully saturated rings. The Morgan fingerprint density at radius 1 is 1.06 bits per heavy atom. The van der Waals surface area contributed by atoms with Gasteiger partial charge in [-0.3, -0.25) is 9.59 Å². The monoisotopic (exact) mass is 476 g/mol. The molecule has 0 unspecified atom stereocenters. The van der Waals surface area contributed by atoms with E-state index in [0.717, 1.165) is 16.0 Å². The molecule has 0 aliphatic carbocycles. The summed E-state index contributed by atoms with van der Waals surface area (Å²) in [5.74, 6) is 0.280. The summed E-state index contributed by atoms with van der Waals surface area (Å²) in [6.45, 7) is 4.25. The van der Waals surface area contributed by atoms with E-state index < -0.39 is 5.56 Å². The summed E-state index contributed by atoms with van der Waals surface area (Å²) in [6.07, 6.45) is 1.43. The molecular formula is C25H25FN6O3. The van der Waals surface area contributed by atoms with Crippen LogP contribution in [0.3, 0.4) is 0 Å². The lowest BCUT2D eigenvalue weighted by Crippen LogP contribution is -2.50. The van der Waals surface area contributed by atoms with Gasteiger partial charge < -0.3 is 14.5 Å². The lowest BCUT2D eigenvalue weighted by atomic mass is 10.1. The third-order valence-corrected chi connectivity index (χ3v) is 6.06. The van der Waals surface area contributed by atoms with Crippen molar-refractivity contribution in [2.75, 3.05) is 37.7 Å². The minimum Gasteiger partial charge on any atom is -0.494 e. The maximum Gasteiger partial charge on any atom is 0.293 e. The van der Waals surface area contributed by atoms with Crippen LogP contribution in [-0.2, 0) is 11.3 Å². The van der Waals surface area contributed by atoms with E-state index in [0.29, 0.717) is 49.7 Å². The topological polar surface area (TPSA) is 85.0 Å². The molecule has 2 aromatic carbocycles. The summed E-state index contributed by atoms with van der Waals surface area (Å²) in [5.41, 5.74) is 1.94. The summed E-state index contributed by atoms with van der Waals surface area (Å²) in [6, 6.07) is 15.8. The van der Waals surface area contributed by atoms with Crippen LogP contribution >= 0.6 is 0 Å². The average Bonchev–Trinajstić information content (AvgIpc) is 3.32. The van der Waals surface area contributed by atoms with Gasteiger partial charge in [0.2, 0.25) is 5.91 Å². The van der Waals surface area contributed by atoms with Crippen LogP contribution in [-0.4, -0.2) is 63.0 Å². The third kappa shape index (κ3) is 4.59. The molecule has 0 bridgehead atoms. The van der Waals surface area contributed by atoms with Crippen molar-refractivity contribution in [3.63, 3.8) is 0 Å². The van der Waals surface area contributed by atoms with Crippen molar-refractivity contribution >= 4 is 17.1 Å². The Balaban J connectivity index is 1.28. The van der Waals surface area contributed by atoms with Crippen LogP contribution in [0.2, 0.25) is 0 Å². The van der Waals surface area contributed by atoms with Crippen LogP contribution in [0, 0.1) is 5.82 Å². The van der Waals surface area contributed by atoms with Crippen molar-refractivity contribution in [1.29, 1.82) is 0 Å². The largest absolute Gasteiger partial charge is 0.494 e. The average molecular weight is 477 g/mol. The van der Waals surface area contributed by atoms with Crippen molar-refractivity contribution in [2.24, 2.45) is 0 Å². The molecule has 0 N–H and O–H groups in total. The minimum atomic E-state index is -0.393. The molecule has 0 radical (unpaired) electrons. The smallest absolute Gasteiger partial charge is 0.293 e. The van der Waals surface area contributed by atoms with Gasteiger partial charge in [-0.05, 0) is 49.4 Å². The zero-order chi connectivity index (χ0) is 24.4. The number of hydrogen-bond acceptors (Lipinski definition) is 6. The standard InChI is InChI=1S/C25H25FN6O3/c1-2-35-19-9-7-18(8-10-19)21-15-23-25(34)31(27-17-32(23)28-21)16-24(33)30-13-11-29(12-14-30)22-6-4-3-5-20(22)26/h3-10,15,17H,2,11-14,16H2,1H3. The molecule has 0 spiro atoms. The lowest BCUT2D eigenvalue weighted by Gasteiger charge is -2.36. The molecule has 5 rings (SSSR count). The number of fused-ring (bicyclic) bond motifs is 1. The number of carbonyl (C=O) groups is 1. The number of hydrogen-bond donors (Lipinski definition) is 0. The van der Waals surface area contributed by atoms with Crippen LogP contribution in [0.25, 0.3) is 16.8 Å². The highest BCUT2D eigenvalue weighted by atomic mass is 19.1. The van der Waals surface area contributed by atoms with E-state index in [1.807, 2.05) is 36.1 Å². The SMILES string of the molecule is CCOc1ccc(-c2cc3c(=O)n(CC(=O)N4CCN(c5ccccc5F)CC4)ncn3n2)cc1. The number of rotatable bonds is 6. The van der Waals surface area contributed by atoms with Crippen molar-refractivity contribution in [3.8, 4) is 17.0 Å². The van der Waals surface area contributed by atoms with Gasteiger partial charge in [-0.15, -0.1) is 0 Å². The third-order valence-electron chi connectivity index (χ3n) is 6.06. The van der Waals surface area contributed by atoms with E-state index in [1.165, 1.54) is 16.9 Å². The molecule has 2 aromatic heterocycles. The molecule has 4 aromatic rings. The highest BCUT2D eigenvalue weighted by Gasteiger charge is 2.23. The molecular weight excluding hydrogens is 451 g/mol. The Morgan fingerprint density at radius 3 is 2.51 bits per heavy atom. The van der Waals surface area contributed by atoms with E-state index >= 15 is 0 Å². The van der Waals surface area contributed by atoms with Gasteiger partial charge in [0.15, 0.2) is 0 Å². The first-order chi connectivity index (χ1) is 17.0. The molecule has 180 valence electrons. The Hall–Kier alpha value is -4.21. The van der Waals surface area contributed by atoms with Gasteiger partial charge >= 0.3 is 0 Å². The number of piperazine rings is 1. The Labute approximate surface area is 201 Å². The predicted molar refractivity (Wildman–Crippen MR) is 129 cm³/mol. The first-order valence-corrected chi connectivity index (χ1v) is 11.5. The number of nitrogens with zero attached hydrogens (tertiary/aromatic N) is 6. The van der Waals surface area contributed by atoms with Crippen LogP contribution in [0.4, 0.5) is 10.1 Å². The van der Waals surface area contributed by atoms with Gasteiger partial charge in [0, 0.05) is 31.7 Å². The van der Waals surface area contributed by atoms with Gasteiger partial charge in [0.25, 0.3) is 5.56 Å². The summed E-state index contributed by atoms with van der Waals surface area (Å²) < 4.78 is 22.1. The van der Waals surface area contributed by atoms with Crippen LogP contribution < -0.4 is 15.2 Å². The van der Waals surface area contributed by atoms with Crippen molar-refractivity contribution in [2.45, 2.75) is 13.5 Å². The molecule has 0 saturated carbocycles. The van der Waals surface area contributed by atoms with Gasteiger partial charge in [0.05, 0.1) is 18.0 Å². The Morgan fingerprint density at radius 2 is 1.80 bits per heavy atom. The number of carbonyl (C=O) groups excluding carboxylic acids is 1. The first-order valence-electron chi connectivity index (χ1n) is 11.5. The Kier molecular flexibility index (Phi) is 6.17. The molecule has 9 nitrogen and oxygen atoms in total. The zero-order valence-corrected chi connectivity index (χ0v) is 19.3. The number of aromatic nitrogens is 4. The number of anilines is 1. The zero-order valence-electron chi connectivity index (χ0n) is 19.3. The number of halogens is 1. The molecule has 3 heterocycles. The van der Waals surface area contributed by atoms with E-state index in [-0.39, 0.29) is 18.3 Å². The highest BCUT2D eigenvalue weighted by molar-refractivity contribution is 5.76. The molecule has 1 aliphatic rings. The van der Waals surface area contributed by atoms with E-state index in [4.69, 9.17) is 4.74 Å². The molecule has 1 amide bonds. The quantitative estimate of drug-likeness (QED) is 0.425. The normalized spacial score (nSPS) is 13.9. The highest BCUT2D eigenvalue weighted by Crippen LogP contribution is 2.22. The minimum absolute atomic E-state index is 0.168. The lowest BCUT2D eigenvalue weighted by molar-refractivity contribution is -0.132. The van der Waals surface area contributed by atoms with E-state index in [1.54, 1.807) is 29.2 Å². The fourth-order valence-electron chi connectivity index (χ4n) is 4.21. The second-order valence-corrected chi connectivity index (χ2v) is 8.23. The van der Waals surface area contributed by atoms with Crippen molar-refractivity contribution in [3.05, 3.63) is 77.1 Å². The molecule has 1 aliphatic heterocycles. The summed E-state index contributed by atoms with van der Waals surface area (Å²) >= 11 is 0. The summed E-state index contributed by atoms with van der Waals surface area (Å²) in [4.78, 5) is 29.5. The fourth-order valence-corrected chi connectivity index (χ4v) is 4.21. The number of ether oxygens (including phenoxy) is 1. The molecule has 1 saturated heterocycles. The number of benzene rings is 2. The van der Waals surface area contributed by atoms with E-state index in [2.05, 4.69) is 10.2 Å². The summed E-state index contributed by atoms with van der Waals surface area (Å²) in [7, 11) is 0. The van der Waals surface area contributed by atoms with E-state index in [9.17, 15) is 14.0 Å². The van der Waals surface area contributed by atoms with Crippen molar-refractivity contribution < 1.29 is 13.9 Å². The van der Waals surface area contributed by atoms with Crippen LogP contribution in [0.15, 0.2) is 65.7 Å². The molecule has 0 atom stereocenters. The maximum atomic E-state index is 14.1. The molecule has 35 heavy (non-hydrogen) atoms. The van der Waals surface area contributed by atoms with Crippen LogP contribution in [0.1, 0.15) is 6.92 Å². The Bertz CT molecular complexity index is 1410. The predicted octanol–water partition coefficient (Wildman–Crippen LogP) is 2.44. The maximum absolute atomic E-state index is 14.1. The number of amides is 1. The van der Waals surface area contributed by atoms with Gasteiger partial charge in [-0.25, -0.2) is 13.6 Å². The fraction of sp³-hybridized carbons (Fsp3) is 0.280.